The molecule has 0 spiro atoms. The fourth-order valence-corrected chi connectivity index (χ4v) is 2.17. The van der Waals surface area contributed by atoms with Crippen molar-refractivity contribution in [3.8, 4) is 0 Å². The molecule has 3 rings (SSSR count). The molecule has 8 nitrogen and oxygen atoms in total. The number of ether oxygens (including phenoxy) is 1. The number of nitrogens with one attached hydrogen (secondary N) is 2. The van der Waals surface area contributed by atoms with Crippen LogP contribution in [-0.2, 0) is 4.74 Å². The van der Waals surface area contributed by atoms with Crippen LogP contribution in [0.2, 0.25) is 0 Å². The standard InChI is InChI=1S/C18H18N6O2/c1-2-26-17(25)12-8-10-14(11-9-12)20-16-15(19)23-24-18(22-16)21-13-6-4-3-5-7-13/h3-11H,2H2,1H3,(H2,19,23)(H2,20,21,22,24). The summed E-state index contributed by atoms with van der Waals surface area (Å²) >= 11 is 0. The van der Waals surface area contributed by atoms with Crippen LogP contribution in [0.5, 0.6) is 0 Å². The number of hydrogen-bond donors (Lipinski definition) is 3. The number of aromatic nitrogens is 3. The maximum absolute atomic E-state index is 11.7. The van der Waals surface area contributed by atoms with E-state index in [0.29, 0.717) is 29.6 Å². The maximum atomic E-state index is 11.7. The van der Waals surface area contributed by atoms with Crippen molar-refractivity contribution < 1.29 is 9.53 Å². The first-order valence-electron chi connectivity index (χ1n) is 8.02. The Balaban J connectivity index is 1.75. The molecule has 1 heterocycles. The van der Waals surface area contributed by atoms with E-state index < -0.39 is 0 Å². The molecule has 0 radical (unpaired) electrons. The van der Waals surface area contributed by atoms with Crippen molar-refractivity contribution in [3.63, 3.8) is 0 Å². The number of carbonyl (C=O) groups is 1. The Labute approximate surface area is 150 Å². The maximum Gasteiger partial charge on any atom is 0.338 e. The number of para-hydroxylation sites is 1. The monoisotopic (exact) mass is 350 g/mol. The van der Waals surface area contributed by atoms with Crippen molar-refractivity contribution in [1.29, 1.82) is 0 Å². The van der Waals surface area contributed by atoms with Gasteiger partial charge >= 0.3 is 5.97 Å². The number of hydrogen-bond acceptors (Lipinski definition) is 8. The number of benzene rings is 2. The number of nitrogens with two attached hydrogens (primary N) is 1. The first-order chi connectivity index (χ1) is 12.7. The number of nitrogen functional groups attached to an aromatic ring is 1. The van der Waals surface area contributed by atoms with Crippen LogP contribution in [0.15, 0.2) is 54.6 Å². The van der Waals surface area contributed by atoms with Gasteiger partial charge in [-0.25, -0.2) is 4.79 Å². The third kappa shape index (κ3) is 4.23. The van der Waals surface area contributed by atoms with Gasteiger partial charge < -0.3 is 21.1 Å². The molecule has 132 valence electrons. The van der Waals surface area contributed by atoms with E-state index in [1.54, 1.807) is 31.2 Å². The molecule has 0 aliphatic rings. The molecule has 26 heavy (non-hydrogen) atoms. The van der Waals surface area contributed by atoms with E-state index in [-0.39, 0.29) is 11.8 Å². The van der Waals surface area contributed by atoms with E-state index >= 15 is 0 Å². The van der Waals surface area contributed by atoms with Crippen LogP contribution in [0.25, 0.3) is 0 Å². The highest BCUT2D eigenvalue weighted by Gasteiger charge is 2.09. The molecule has 0 bridgehead atoms. The molecule has 0 aliphatic carbocycles. The molecule has 0 saturated heterocycles. The first-order valence-corrected chi connectivity index (χ1v) is 8.02. The van der Waals surface area contributed by atoms with E-state index in [1.165, 1.54) is 0 Å². The van der Waals surface area contributed by atoms with Gasteiger partial charge in [0.15, 0.2) is 11.6 Å². The van der Waals surface area contributed by atoms with Gasteiger partial charge in [-0.2, -0.15) is 4.98 Å². The summed E-state index contributed by atoms with van der Waals surface area (Å²) in [6, 6.07) is 16.3. The second kappa shape index (κ2) is 7.93. The van der Waals surface area contributed by atoms with Crippen molar-refractivity contribution in [3.05, 3.63) is 60.2 Å². The van der Waals surface area contributed by atoms with Gasteiger partial charge in [-0.1, -0.05) is 18.2 Å². The summed E-state index contributed by atoms with van der Waals surface area (Å²) in [7, 11) is 0. The Hall–Kier alpha value is -3.68. The summed E-state index contributed by atoms with van der Waals surface area (Å²) in [5.41, 5.74) is 7.86. The minimum absolute atomic E-state index is 0.165. The van der Waals surface area contributed by atoms with Gasteiger partial charge in [-0.3, -0.25) is 0 Å². The average molecular weight is 350 g/mol. The van der Waals surface area contributed by atoms with E-state index in [0.717, 1.165) is 5.69 Å². The van der Waals surface area contributed by atoms with Gasteiger partial charge in [0.05, 0.1) is 12.2 Å². The molecule has 1 aromatic heterocycles. The zero-order chi connectivity index (χ0) is 18.4. The first kappa shape index (κ1) is 17.2. The van der Waals surface area contributed by atoms with Crippen molar-refractivity contribution in [1.82, 2.24) is 15.2 Å². The summed E-state index contributed by atoms with van der Waals surface area (Å²) in [4.78, 5) is 16.0. The summed E-state index contributed by atoms with van der Waals surface area (Å²) in [6.45, 7) is 2.10. The molecule has 8 heteroatoms. The average Bonchev–Trinajstić information content (AvgIpc) is 2.66. The number of nitrogens with zero attached hydrogens (tertiary/aromatic N) is 3. The molecule has 0 atom stereocenters. The molecule has 0 saturated carbocycles. The molecule has 2 aromatic carbocycles. The highest BCUT2D eigenvalue weighted by Crippen LogP contribution is 2.21. The van der Waals surface area contributed by atoms with Gasteiger partial charge in [0.25, 0.3) is 0 Å². The zero-order valence-corrected chi connectivity index (χ0v) is 14.1. The number of carbonyl (C=O) groups excluding carboxylic acids is 1. The Morgan fingerprint density at radius 3 is 2.38 bits per heavy atom. The van der Waals surface area contributed by atoms with Crippen LogP contribution >= 0.6 is 0 Å². The topological polar surface area (TPSA) is 115 Å². The third-order valence-corrected chi connectivity index (χ3v) is 3.40. The lowest BCUT2D eigenvalue weighted by Gasteiger charge is -2.10. The minimum Gasteiger partial charge on any atom is -0.462 e. The SMILES string of the molecule is CCOC(=O)c1ccc(Nc2nc(Nc3ccccc3)nnc2N)cc1. The van der Waals surface area contributed by atoms with Gasteiger partial charge in [-0.15, -0.1) is 10.2 Å². The lowest BCUT2D eigenvalue weighted by molar-refractivity contribution is 0.0526. The van der Waals surface area contributed by atoms with Crippen LogP contribution < -0.4 is 16.4 Å². The fraction of sp³-hybridized carbons (Fsp3) is 0.111. The smallest absolute Gasteiger partial charge is 0.338 e. The Morgan fingerprint density at radius 2 is 1.69 bits per heavy atom. The predicted molar refractivity (Wildman–Crippen MR) is 99.6 cm³/mol. The van der Waals surface area contributed by atoms with Crippen LogP contribution in [0.4, 0.5) is 29.0 Å². The Morgan fingerprint density at radius 1 is 1.00 bits per heavy atom. The van der Waals surface area contributed by atoms with Gasteiger partial charge in [0.1, 0.15) is 0 Å². The summed E-state index contributed by atoms with van der Waals surface area (Å²) < 4.78 is 4.96. The number of rotatable bonds is 6. The normalized spacial score (nSPS) is 10.2. The summed E-state index contributed by atoms with van der Waals surface area (Å²) in [5, 5.41) is 14.0. The van der Waals surface area contributed by atoms with Crippen LogP contribution in [0.3, 0.4) is 0 Å². The lowest BCUT2D eigenvalue weighted by atomic mass is 10.2. The molecular weight excluding hydrogens is 332 g/mol. The minimum atomic E-state index is -0.364. The Kier molecular flexibility index (Phi) is 5.23. The predicted octanol–water partition coefficient (Wildman–Crippen LogP) is 3.12. The fourth-order valence-electron chi connectivity index (χ4n) is 2.17. The molecular formula is C18H18N6O2. The second-order valence-electron chi connectivity index (χ2n) is 5.28. The highest BCUT2D eigenvalue weighted by atomic mass is 16.5. The van der Waals surface area contributed by atoms with Crippen molar-refractivity contribution in [2.24, 2.45) is 0 Å². The van der Waals surface area contributed by atoms with Crippen LogP contribution in [0, 0.1) is 0 Å². The molecule has 0 fully saturated rings. The summed E-state index contributed by atoms with van der Waals surface area (Å²) in [6.07, 6.45) is 0. The van der Waals surface area contributed by atoms with Crippen molar-refractivity contribution in [2.75, 3.05) is 23.0 Å². The second-order valence-corrected chi connectivity index (χ2v) is 5.28. The van der Waals surface area contributed by atoms with Crippen LogP contribution in [-0.4, -0.2) is 27.8 Å². The van der Waals surface area contributed by atoms with Gasteiger partial charge in [0.2, 0.25) is 5.95 Å². The molecule has 4 N–H and O–H groups in total. The lowest BCUT2D eigenvalue weighted by Crippen LogP contribution is -2.07. The zero-order valence-electron chi connectivity index (χ0n) is 14.1. The van der Waals surface area contributed by atoms with Gasteiger partial charge in [0, 0.05) is 11.4 Å². The highest BCUT2D eigenvalue weighted by molar-refractivity contribution is 5.90. The van der Waals surface area contributed by atoms with Crippen molar-refractivity contribution >= 4 is 34.9 Å². The Bertz CT molecular complexity index is 884. The molecule has 3 aromatic rings. The molecule has 0 amide bonds. The summed E-state index contributed by atoms with van der Waals surface area (Å²) in [5.74, 6) is 0.480. The van der Waals surface area contributed by atoms with E-state index in [4.69, 9.17) is 10.5 Å². The van der Waals surface area contributed by atoms with Gasteiger partial charge in [-0.05, 0) is 43.3 Å². The van der Waals surface area contributed by atoms with E-state index in [9.17, 15) is 4.79 Å². The number of esters is 1. The molecule has 0 aliphatic heterocycles. The van der Waals surface area contributed by atoms with E-state index in [2.05, 4.69) is 25.8 Å². The van der Waals surface area contributed by atoms with E-state index in [1.807, 2.05) is 30.3 Å². The number of anilines is 5. The third-order valence-electron chi connectivity index (χ3n) is 3.40. The molecule has 0 unspecified atom stereocenters. The van der Waals surface area contributed by atoms with Crippen LogP contribution in [0.1, 0.15) is 17.3 Å². The largest absolute Gasteiger partial charge is 0.462 e. The van der Waals surface area contributed by atoms with Crippen molar-refractivity contribution in [2.45, 2.75) is 6.92 Å². The quantitative estimate of drug-likeness (QED) is 0.581.